The van der Waals surface area contributed by atoms with Crippen molar-refractivity contribution in [1.29, 1.82) is 0 Å². The van der Waals surface area contributed by atoms with Crippen LogP contribution in [0.2, 0.25) is 5.02 Å². The molecule has 2 aromatic heterocycles. The Morgan fingerprint density at radius 1 is 1.59 bits per heavy atom. The summed E-state index contributed by atoms with van der Waals surface area (Å²) in [6.07, 6.45) is 2.39. The van der Waals surface area contributed by atoms with Crippen LogP contribution in [0.25, 0.3) is 5.82 Å². The summed E-state index contributed by atoms with van der Waals surface area (Å²) in [4.78, 5) is 14.4. The number of carboxylic acids is 1. The Bertz CT molecular complexity index is 599. The van der Waals surface area contributed by atoms with Gasteiger partial charge < -0.3 is 10.8 Å². The third-order valence-electron chi connectivity index (χ3n) is 1.95. The Hall–Kier alpha value is -2.15. The molecule has 0 aromatic carbocycles. The van der Waals surface area contributed by atoms with Gasteiger partial charge in [0.05, 0.1) is 16.9 Å². The Balaban J connectivity index is 2.53. The largest absolute Gasteiger partial charge is 0.476 e. The van der Waals surface area contributed by atoms with Crippen LogP contribution in [0.1, 0.15) is 10.5 Å². The summed E-state index contributed by atoms with van der Waals surface area (Å²) in [5, 5.41) is 12.5. The second kappa shape index (κ2) is 4.02. The first kappa shape index (κ1) is 11.3. The maximum Gasteiger partial charge on any atom is 0.358 e. The van der Waals surface area contributed by atoms with Crippen molar-refractivity contribution in [3.05, 3.63) is 35.0 Å². The fourth-order valence-electron chi connectivity index (χ4n) is 1.24. The van der Waals surface area contributed by atoms with Crippen LogP contribution in [-0.2, 0) is 0 Å². The average Bonchev–Trinajstić information content (AvgIpc) is 2.60. The molecule has 0 fully saturated rings. The first-order chi connectivity index (χ1) is 7.99. The van der Waals surface area contributed by atoms with Gasteiger partial charge in [0.15, 0.2) is 17.3 Å². The molecular weight excluding hydrogens is 251 g/mol. The highest BCUT2D eigenvalue weighted by Gasteiger charge is 2.16. The van der Waals surface area contributed by atoms with E-state index in [1.807, 2.05) is 0 Å². The lowest BCUT2D eigenvalue weighted by molar-refractivity contribution is 0.0691. The SMILES string of the molecule is Nc1cn(-c2ncc(Cl)cc2F)nc1C(=O)O. The van der Waals surface area contributed by atoms with Crippen LogP contribution in [-0.4, -0.2) is 25.8 Å². The fourth-order valence-corrected chi connectivity index (χ4v) is 1.38. The summed E-state index contributed by atoms with van der Waals surface area (Å²) in [5.74, 6) is -2.19. The smallest absolute Gasteiger partial charge is 0.358 e. The highest BCUT2D eigenvalue weighted by molar-refractivity contribution is 6.30. The third-order valence-corrected chi connectivity index (χ3v) is 2.16. The van der Waals surface area contributed by atoms with Crippen molar-refractivity contribution < 1.29 is 14.3 Å². The van der Waals surface area contributed by atoms with Crippen molar-refractivity contribution in [3.8, 4) is 5.82 Å². The van der Waals surface area contributed by atoms with Crippen LogP contribution in [0.3, 0.4) is 0 Å². The molecule has 17 heavy (non-hydrogen) atoms. The molecule has 0 aliphatic carbocycles. The molecule has 0 bridgehead atoms. The van der Waals surface area contributed by atoms with Crippen LogP contribution in [0, 0.1) is 5.82 Å². The van der Waals surface area contributed by atoms with E-state index >= 15 is 0 Å². The standard InChI is InChI=1S/C9H6ClFN4O2/c10-4-1-5(11)8(13-2-4)15-3-6(12)7(14-15)9(16)17/h1-3H,12H2,(H,16,17). The van der Waals surface area contributed by atoms with Crippen molar-refractivity contribution in [2.45, 2.75) is 0 Å². The van der Waals surface area contributed by atoms with Crippen molar-refractivity contribution in [3.63, 3.8) is 0 Å². The molecule has 8 heteroatoms. The normalized spacial score (nSPS) is 10.5. The number of nitrogen functional groups attached to an aromatic ring is 1. The molecular formula is C9H6ClFN4O2. The minimum atomic E-state index is -1.30. The maximum atomic E-state index is 13.5. The first-order valence-corrected chi connectivity index (χ1v) is 4.76. The van der Waals surface area contributed by atoms with Gasteiger partial charge in [0, 0.05) is 6.20 Å². The zero-order chi connectivity index (χ0) is 12.6. The summed E-state index contributed by atoms with van der Waals surface area (Å²) in [6.45, 7) is 0. The quantitative estimate of drug-likeness (QED) is 0.846. The van der Waals surface area contributed by atoms with E-state index in [1.165, 1.54) is 12.4 Å². The molecule has 2 aromatic rings. The lowest BCUT2D eigenvalue weighted by Crippen LogP contribution is -2.05. The van der Waals surface area contributed by atoms with E-state index in [-0.39, 0.29) is 22.2 Å². The number of aromatic carboxylic acids is 1. The van der Waals surface area contributed by atoms with E-state index in [2.05, 4.69) is 10.1 Å². The summed E-state index contributed by atoms with van der Waals surface area (Å²) < 4.78 is 14.4. The van der Waals surface area contributed by atoms with Crippen molar-refractivity contribution in [2.24, 2.45) is 0 Å². The number of carboxylic acid groups (broad SMARTS) is 1. The molecule has 2 rings (SSSR count). The molecule has 0 saturated carbocycles. The molecule has 6 nitrogen and oxygen atoms in total. The molecule has 0 atom stereocenters. The van der Waals surface area contributed by atoms with Crippen LogP contribution >= 0.6 is 11.6 Å². The van der Waals surface area contributed by atoms with Crippen molar-refractivity contribution in [2.75, 3.05) is 5.73 Å². The predicted molar refractivity (Wildman–Crippen MR) is 57.7 cm³/mol. The minimum absolute atomic E-state index is 0.0753. The van der Waals surface area contributed by atoms with E-state index in [9.17, 15) is 9.18 Å². The molecule has 0 unspecified atom stereocenters. The number of nitrogens with two attached hydrogens (primary N) is 1. The monoisotopic (exact) mass is 256 g/mol. The van der Waals surface area contributed by atoms with Crippen LogP contribution in [0.5, 0.6) is 0 Å². The zero-order valence-electron chi connectivity index (χ0n) is 8.26. The molecule has 0 aliphatic heterocycles. The van der Waals surface area contributed by atoms with E-state index in [0.717, 1.165) is 10.7 Å². The third kappa shape index (κ3) is 2.04. The Labute approximate surface area is 99.4 Å². The average molecular weight is 257 g/mol. The van der Waals surface area contributed by atoms with Gasteiger partial charge in [-0.3, -0.25) is 0 Å². The van der Waals surface area contributed by atoms with E-state index in [0.29, 0.717) is 0 Å². The maximum absolute atomic E-state index is 13.5. The predicted octanol–water partition coefficient (Wildman–Crippen LogP) is 1.34. The second-order valence-corrected chi connectivity index (χ2v) is 3.58. The van der Waals surface area contributed by atoms with Gasteiger partial charge >= 0.3 is 5.97 Å². The van der Waals surface area contributed by atoms with Crippen LogP contribution in [0.15, 0.2) is 18.5 Å². The number of hydrogen-bond donors (Lipinski definition) is 2. The van der Waals surface area contributed by atoms with Gasteiger partial charge in [-0.25, -0.2) is 18.9 Å². The molecule has 0 amide bonds. The summed E-state index contributed by atoms with van der Waals surface area (Å²) in [7, 11) is 0. The topological polar surface area (TPSA) is 94.0 Å². The van der Waals surface area contributed by atoms with E-state index < -0.39 is 11.8 Å². The summed E-state index contributed by atoms with van der Waals surface area (Å²) >= 11 is 5.54. The number of pyridine rings is 1. The zero-order valence-corrected chi connectivity index (χ0v) is 9.02. The molecule has 3 N–H and O–H groups in total. The number of hydrogen-bond acceptors (Lipinski definition) is 4. The number of nitrogens with zero attached hydrogens (tertiary/aromatic N) is 3. The first-order valence-electron chi connectivity index (χ1n) is 4.39. The molecule has 0 saturated heterocycles. The van der Waals surface area contributed by atoms with E-state index in [1.54, 1.807) is 0 Å². The summed E-state index contributed by atoms with van der Waals surface area (Å²) in [6, 6.07) is 1.04. The minimum Gasteiger partial charge on any atom is -0.476 e. The number of aromatic nitrogens is 3. The Kier molecular flexibility index (Phi) is 2.68. The van der Waals surface area contributed by atoms with Gasteiger partial charge in [-0.1, -0.05) is 11.6 Å². The van der Waals surface area contributed by atoms with Gasteiger partial charge in [-0.05, 0) is 6.07 Å². The van der Waals surface area contributed by atoms with Gasteiger partial charge in [0.2, 0.25) is 0 Å². The van der Waals surface area contributed by atoms with Crippen molar-refractivity contribution in [1.82, 2.24) is 14.8 Å². The summed E-state index contributed by atoms with van der Waals surface area (Å²) in [5.41, 5.74) is 4.98. The van der Waals surface area contributed by atoms with Gasteiger partial charge in [-0.15, -0.1) is 0 Å². The lowest BCUT2D eigenvalue weighted by atomic mass is 10.4. The second-order valence-electron chi connectivity index (χ2n) is 3.14. The molecule has 0 spiro atoms. The van der Waals surface area contributed by atoms with Crippen molar-refractivity contribution >= 4 is 23.3 Å². The highest BCUT2D eigenvalue weighted by Crippen LogP contribution is 2.17. The lowest BCUT2D eigenvalue weighted by Gasteiger charge is -2.01. The molecule has 2 heterocycles. The van der Waals surface area contributed by atoms with E-state index in [4.69, 9.17) is 22.4 Å². The molecule has 0 aliphatic rings. The number of halogens is 2. The molecule has 0 radical (unpaired) electrons. The number of carbonyl (C=O) groups is 1. The van der Waals surface area contributed by atoms with Gasteiger partial charge in [0.1, 0.15) is 0 Å². The Morgan fingerprint density at radius 2 is 2.29 bits per heavy atom. The van der Waals surface area contributed by atoms with Gasteiger partial charge in [0.25, 0.3) is 0 Å². The highest BCUT2D eigenvalue weighted by atomic mass is 35.5. The van der Waals surface area contributed by atoms with Gasteiger partial charge in [-0.2, -0.15) is 5.10 Å². The Morgan fingerprint density at radius 3 is 2.82 bits per heavy atom. The van der Waals surface area contributed by atoms with Crippen LogP contribution < -0.4 is 5.73 Å². The molecule has 88 valence electrons. The number of anilines is 1. The number of rotatable bonds is 2. The van der Waals surface area contributed by atoms with Crippen LogP contribution in [0.4, 0.5) is 10.1 Å². The fraction of sp³-hybridized carbons (Fsp3) is 0.